The number of hydrogen-bond donors (Lipinski definition) is 0. The molecule has 7 nitrogen and oxygen atoms in total. The predicted molar refractivity (Wildman–Crippen MR) is 61.2 cm³/mol. The van der Waals surface area contributed by atoms with Gasteiger partial charge in [-0.05, 0) is 0 Å². The van der Waals surface area contributed by atoms with Gasteiger partial charge in [0.25, 0.3) is 5.56 Å². The van der Waals surface area contributed by atoms with Crippen LogP contribution in [0.15, 0.2) is 10.9 Å². The summed E-state index contributed by atoms with van der Waals surface area (Å²) in [5, 5.41) is 10.6. The molecule has 19 heavy (non-hydrogen) atoms. The van der Waals surface area contributed by atoms with E-state index < -0.39 is 5.97 Å². The molecule has 8 heteroatoms. The van der Waals surface area contributed by atoms with Gasteiger partial charge in [-0.2, -0.15) is 0 Å². The van der Waals surface area contributed by atoms with Gasteiger partial charge in [0, 0.05) is 38.6 Å². The summed E-state index contributed by atoms with van der Waals surface area (Å²) in [6.07, 6.45) is -0.371. The van der Waals surface area contributed by atoms with Gasteiger partial charge in [0.2, 0.25) is 0 Å². The van der Waals surface area contributed by atoms with Gasteiger partial charge in [-0.15, -0.1) is 0 Å². The normalized spacial score (nSPS) is 14.9. The van der Waals surface area contributed by atoms with Gasteiger partial charge in [0.05, 0.1) is 13.2 Å². The van der Waals surface area contributed by atoms with Gasteiger partial charge < -0.3 is 19.5 Å². The Morgan fingerprint density at radius 3 is 2.68 bits per heavy atom. The van der Waals surface area contributed by atoms with E-state index in [4.69, 9.17) is 4.74 Å². The van der Waals surface area contributed by atoms with Crippen molar-refractivity contribution in [2.45, 2.75) is 6.42 Å². The number of carboxylic acid groups (broad SMARTS) is 1. The molecule has 1 aromatic heterocycles. The van der Waals surface area contributed by atoms with Crippen molar-refractivity contribution in [1.82, 2.24) is 9.55 Å². The zero-order valence-corrected chi connectivity index (χ0v) is 13.1. The number of aliphatic carboxylic acids is 1. The van der Waals surface area contributed by atoms with Crippen LogP contribution in [-0.2, 0) is 23.0 Å². The summed E-state index contributed by atoms with van der Waals surface area (Å²) >= 11 is 0. The van der Waals surface area contributed by atoms with E-state index in [2.05, 4.69) is 4.98 Å². The Labute approximate surface area is 132 Å². The molecule has 0 saturated carbocycles. The molecule has 1 aliphatic rings. The number of aromatic nitrogens is 2. The van der Waals surface area contributed by atoms with Gasteiger partial charge in [-0.25, -0.2) is 4.98 Å². The van der Waals surface area contributed by atoms with Crippen molar-refractivity contribution in [2.75, 3.05) is 31.2 Å². The summed E-state index contributed by atoms with van der Waals surface area (Å²) in [5.41, 5.74) is -0.275. The maximum absolute atomic E-state index is 11.7. The fourth-order valence-electron chi connectivity index (χ4n) is 1.82. The van der Waals surface area contributed by atoms with Crippen molar-refractivity contribution in [3.8, 4) is 0 Å². The summed E-state index contributed by atoms with van der Waals surface area (Å²) in [5.74, 6) is -0.557. The Bertz CT molecular complexity index is 511. The molecule has 2 rings (SSSR count). The van der Waals surface area contributed by atoms with Crippen LogP contribution in [0.1, 0.15) is 5.82 Å². The van der Waals surface area contributed by atoms with Crippen molar-refractivity contribution >= 4 is 11.8 Å². The molecule has 2 heterocycles. The van der Waals surface area contributed by atoms with Crippen LogP contribution in [-0.4, -0.2) is 41.8 Å². The van der Waals surface area contributed by atoms with E-state index in [1.165, 1.54) is 17.7 Å². The van der Waals surface area contributed by atoms with Crippen LogP contribution < -0.4 is 45.1 Å². The molecule has 0 amide bonds. The van der Waals surface area contributed by atoms with Crippen LogP contribution in [0.5, 0.6) is 0 Å². The zero-order valence-electron chi connectivity index (χ0n) is 11.1. The van der Waals surface area contributed by atoms with Crippen molar-refractivity contribution in [3.05, 3.63) is 22.2 Å². The van der Waals surface area contributed by atoms with Crippen molar-refractivity contribution in [3.63, 3.8) is 0 Å². The Morgan fingerprint density at radius 2 is 2.11 bits per heavy atom. The van der Waals surface area contributed by atoms with E-state index in [0.29, 0.717) is 32.1 Å². The minimum Gasteiger partial charge on any atom is -0.550 e. The van der Waals surface area contributed by atoms with E-state index >= 15 is 0 Å². The minimum absolute atomic E-state index is 0. The van der Waals surface area contributed by atoms with Crippen LogP contribution >= 0.6 is 0 Å². The van der Waals surface area contributed by atoms with Crippen molar-refractivity contribution < 1.29 is 44.2 Å². The third-order valence-corrected chi connectivity index (χ3v) is 2.85. The Balaban J connectivity index is 0.00000180. The standard InChI is InChI=1S/C11H15N3O4.Na/c1-13-8(7-11(16)17)12-9(6-10(13)15)14-2-4-18-5-3-14;/h6H,2-5,7H2,1H3,(H,16,17);/q;+1/p-1. The molecule has 1 aliphatic heterocycles. The Hall–Kier alpha value is -0.890. The SMILES string of the molecule is Cn1c(CC(=O)[O-])nc(N2CCOCC2)cc1=O.[Na+]. The second kappa shape index (κ2) is 7.04. The van der Waals surface area contributed by atoms with Gasteiger partial charge in [0.15, 0.2) is 0 Å². The average molecular weight is 275 g/mol. The molecule has 1 saturated heterocycles. The van der Waals surface area contributed by atoms with Gasteiger partial charge in [-0.3, -0.25) is 9.36 Å². The minimum atomic E-state index is -1.25. The first-order chi connectivity index (χ1) is 8.58. The Morgan fingerprint density at radius 1 is 1.47 bits per heavy atom. The number of carbonyl (C=O) groups excluding carboxylic acids is 1. The average Bonchev–Trinajstić information content (AvgIpc) is 2.35. The summed E-state index contributed by atoms with van der Waals surface area (Å²) in [6.45, 7) is 2.44. The number of rotatable bonds is 3. The van der Waals surface area contributed by atoms with Crippen LogP contribution in [0.4, 0.5) is 5.82 Å². The number of carbonyl (C=O) groups is 1. The second-order valence-corrected chi connectivity index (χ2v) is 4.08. The van der Waals surface area contributed by atoms with Crippen LogP contribution in [0.3, 0.4) is 0 Å². The number of morpholine rings is 1. The molecular weight excluding hydrogens is 261 g/mol. The van der Waals surface area contributed by atoms with Gasteiger partial charge in [-0.1, -0.05) is 0 Å². The van der Waals surface area contributed by atoms with E-state index in [0.717, 1.165) is 0 Å². The number of carboxylic acids is 1. The van der Waals surface area contributed by atoms with E-state index in [9.17, 15) is 14.7 Å². The zero-order chi connectivity index (χ0) is 13.1. The predicted octanol–water partition coefficient (Wildman–Crippen LogP) is -5.09. The molecule has 0 bridgehead atoms. The van der Waals surface area contributed by atoms with Crippen LogP contribution in [0, 0.1) is 0 Å². The number of anilines is 1. The summed E-state index contributed by atoms with van der Waals surface area (Å²) in [7, 11) is 1.50. The monoisotopic (exact) mass is 275 g/mol. The van der Waals surface area contributed by atoms with Crippen molar-refractivity contribution in [1.29, 1.82) is 0 Å². The summed E-state index contributed by atoms with van der Waals surface area (Å²) in [4.78, 5) is 28.5. The molecule has 0 spiro atoms. The van der Waals surface area contributed by atoms with Crippen LogP contribution in [0.25, 0.3) is 0 Å². The van der Waals surface area contributed by atoms with Gasteiger partial charge >= 0.3 is 29.6 Å². The largest absolute Gasteiger partial charge is 1.00 e. The fraction of sp³-hybridized carbons (Fsp3) is 0.545. The maximum atomic E-state index is 11.7. The molecule has 0 aromatic carbocycles. The topological polar surface area (TPSA) is 87.5 Å². The summed E-state index contributed by atoms with van der Waals surface area (Å²) in [6, 6.07) is 1.41. The quantitative estimate of drug-likeness (QED) is 0.513. The Kier molecular flexibility index (Phi) is 5.99. The first-order valence-corrected chi connectivity index (χ1v) is 5.67. The number of hydrogen-bond acceptors (Lipinski definition) is 6. The number of ether oxygens (including phenoxy) is 1. The van der Waals surface area contributed by atoms with Gasteiger partial charge in [0.1, 0.15) is 11.6 Å². The van der Waals surface area contributed by atoms with Crippen LogP contribution in [0.2, 0.25) is 0 Å². The summed E-state index contributed by atoms with van der Waals surface area (Å²) < 4.78 is 6.44. The molecule has 1 fully saturated rings. The molecule has 98 valence electrons. The van der Waals surface area contributed by atoms with E-state index in [1.54, 1.807) is 0 Å². The first-order valence-electron chi connectivity index (χ1n) is 5.67. The molecule has 0 unspecified atom stereocenters. The van der Waals surface area contributed by atoms with Crippen molar-refractivity contribution in [2.24, 2.45) is 7.05 Å². The molecule has 0 atom stereocenters. The third-order valence-electron chi connectivity index (χ3n) is 2.85. The third kappa shape index (κ3) is 4.04. The molecule has 1 aromatic rings. The molecule has 0 aliphatic carbocycles. The number of nitrogens with zero attached hydrogens (tertiary/aromatic N) is 3. The van der Waals surface area contributed by atoms with E-state index in [1.807, 2.05) is 4.90 Å². The fourth-order valence-corrected chi connectivity index (χ4v) is 1.82. The molecular formula is C11H14N3NaO4. The smallest absolute Gasteiger partial charge is 0.550 e. The van der Waals surface area contributed by atoms with E-state index in [-0.39, 0.29) is 47.4 Å². The first kappa shape index (κ1) is 16.2. The second-order valence-electron chi connectivity index (χ2n) is 4.08. The molecule has 0 N–H and O–H groups in total. The maximum Gasteiger partial charge on any atom is 1.00 e. The molecule has 0 radical (unpaired) electrons.